The zero-order chi connectivity index (χ0) is 13.7. The number of hydrogen-bond donors (Lipinski definition) is 1. The van der Waals surface area contributed by atoms with E-state index in [0.29, 0.717) is 18.0 Å². The second kappa shape index (κ2) is 6.15. The van der Waals surface area contributed by atoms with Crippen molar-refractivity contribution in [2.75, 3.05) is 14.2 Å². The SMILES string of the molecule is COc1ccc(CC(O)c2nccnc2OC)cc1. The van der Waals surface area contributed by atoms with Crippen LogP contribution in [0.4, 0.5) is 0 Å². The molecule has 5 nitrogen and oxygen atoms in total. The second-order valence-electron chi connectivity index (χ2n) is 4.02. The van der Waals surface area contributed by atoms with Crippen molar-refractivity contribution in [3.63, 3.8) is 0 Å². The lowest BCUT2D eigenvalue weighted by Gasteiger charge is -2.12. The van der Waals surface area contributed by atoms with Crippen LogP contribution in [0.1, 0.15) is 17.4 Å². The lowest BCUT2D eigenvalue weighted by atomic mass is 10.1. The zero-order valence-electron chi connectivity index (χ0n) is 10.9. The van der Waals surface area contributed by atoms with Crippen LogP contribution in [0.25, 0.3) is 0 Å². The van der Waals surface area contributed by atoms with Gasteiger partial charge in [-0.1, -0.05) is 12.1 Å². The van der Waals surface area contributed by atoms with Gasteiger partial charge in [0.15, 0.2) is 0 Å². The highest BCUT2D eigenvalue weighted by Gasteiger charge is 2.16. The van der Waals surface area contributed by atoms with E-state index in [0.717, 1.165) is 11.3 Å². The Morgan fingerprint density at radius 1 is 1.05 bits per heavy atom. The number of hydrogen-bond acceptors (Lipinski definition) is 5. The highest BCUT2D eigenvalue weighted by atomic mass is 16.5. The number of nitrogens with zero attached hydrogens (tertiary/aromatic N) is 2. The van der Waals surface area contributed by atoms with E-state index in [1.54, 1.807) is 7.11 Å². The van der Waals surface area contributed by atoms with Crippen LogP contribution in [-0.4, -0.2) is 29.3 Å². The molecule has 0 spiro atoms. The predicted molar refractivity (Wildman–Crippen MR) is 70.2 cm³/mol. The zero-order valence-corrected chi connectivity index (χ0v) is 10.9. The topological polar surface area (TPSA) is 64.5 Å². The van der Waals surface area contributed by atoms with E-state index in [-0.39, 0.29) is 0 Å². The molecule has 0 radical (unpaired) electrons. The fraction of sp³-hybridized carbons (Fsp3) is 0.286. The molecular weight excluding hydrogens is 244 g/mol. The van der Waals surface area contributed by atoms with Crippen LogP contribution in [0.3, 0.4) is 0 Å². The quantitative estimate of drug-likeness (QED) is 0.887. The summed E-state index contributed by atoms with van der Waals surface area (Å²) in [6, 6.07) is 7.53. The van der Waals surface area contributed by atoms with Crippen molar-refractivity contribution in [1.82, 2.24) is 9.97 Å². The van der Waals surface area contributed by atoms with Crippen LogP contribution in [0.15, 0.2) is 36.7 Å². The van der Waals surface area contributed by atoms with Gasteiger partial charge >= 0.3 is 0 Å². The van der Waals surface area contributed by atoms with Crippen LogP contribution >= 0.6 is 0 Å². The van der Waals surface area contributed by atoms with E-state index >= 15 is 0 Å². The Labute approximate surface area is 111 Å². The number of aliphatic hydroxyl groups is 1. The first-order valence-corrected chi connectivity index (χ1v) is 5.90. The summed E-state index contributed by atoms with van der Waals surface area (Å²) in [6.07, 6.45) is 2.76. The molecule has 2 rings (SSSR count). The normalized spacial score (nSPS) is 11.9. The monoisotopic (exact) mass is 260 g/mol. The van der Waals surface area contributed by atoms with Crippen LogP contribution in [0.2, 0.25) is 0 Å². The number of aromatic nitrogens is 2. The van der Waals surface area contributed by atoms with Crippen LogP contribution in [0, 0.1) is 0 Å². The van der Waals surface area contributed by atoms with Gasteiger partial charge in [-0.05, 0) is 17.7 Å². The number of aliphatic hydroxyl groups excluding tert-OH is 1. The van der Waals surface area contributed by atoms with Gasteiger partial charge in [0.2, 0.25) is 5.88 Å². The van der Waals surface area contributed by atoms with Gasteiger partial charge in [0.25, 0.3) is 0 Å². The Balaban J connectivity index is 2.13. The van der Waals surface area contributed by atoms with Gasteiger partial charge in [0.1, 0.15) is 17.5 Å². The molecule has 19 heavy (non-hydrogen) atoms. The van der Waals surface area contributed by atoms with E-state index in [4.69, 9.17) is 9.47 Å². The van der Waals surface area contributed by atoms with Gasteiger partial charge in [-0.2, -0.15) is 0 Å². The molecule has 2 aromatic rings. The van der Waals surface area contributed by atoms with Gasteiger partial charge in [0.05, 0.1) is 14.2 Å². The van der Waals surface area contributed by atoms with E-state index in [1.165, 1.54) is 19.5 Å². The summed E-state index contributed by atoms with van der Waals surface area (Å²) < 4.78 is 10.2. The highest BCUT2D eigenvalue weighted by molar-refractivity contribution is 5.29. The molecule has 0 bridgehead atoms. The fourth-order valence-corrected chi connectivity index (χ4v) is 1.80. The van der Waals surface area contributed by atoms with Crippen LogP contribution in [-0.2, 0) is 6.42 Å². The molecule has 0 amide bonds. The van der Waals surface area contributed by atoms with Crippen molar-refractivity contribution in [3.8, 4) is 11.6 Å². The van der Waals surface area contributed by atoms with Crippen molar-refractivity contribution in [2.24, 2.45) is 0 Å². The molecule has 1 unspecified atom stereocenters. The average molecular weight is 260 g/mol. The molecule has 5 heteroatoms. The van der Waals surface area contributed by atoms with E-state index < -0.39 is 6.10 Å². The lowest BCUT2D eigenvalue weighted by Crippen LogP contribution is -2.07. The van der Waals surface area contributed by atoms with Gasteiger partial charge in [0, 0.05) is 18.8 Å². The number of methoxy groups -OCH3 is 2. The van der Waals surface area contributed by atoms with Gasteiger partial charge in [-0.25, -0.2) is 4.98 Å². The summed E-state index contributed by atoms with van der Waals surface area (Å²) in [7, 11) is 3.13. The third-order valence-electron chi connectivity index (χ3n) is 2.79. The molecular formula is C14H16N2O3. The maximum Gasteiger partial charge on any atom is 0.238 e. The minimum absolute atomic E-state index is 0.350. The minimum Gasteiger partial charge on any atom is -0.497 e. The van der Waals surface area contributed by atoms with Gasteiger partial charge in [-0.3, -0.25) is 4.98 Å². The Kier molecular flexibility index (Phi) is 4.30. The molecule has 0 fully saturated rings. The third kappa shape index (κ3) is 3.20. The Hall–Kier alpha value is -2.14. The Bertz CT molecular complexity index is 528. The minimum atomic E-state index is -0.753. The van der Waals surface area contributed by atoms with E-state index in [2.05, 4.69) is 9.97 Å². The standard InChI is InChI=1S/C14H16N2O3/c1-18-11-5-3-10(4-6-11)9-12(17)13-14(19-2)16-8-7-15-13/h3-8,12,17H,9H2,1-2H3. The first-order valence-electron chi connectivity index (χ1n) is 5.90. The summed E-state index contributed by atoms with van der Waals surface area (Å²) >= 11 is 0. The molecule has 0 saturated carbocycles. The van der Waals surface area contributed by atoms with Crippen molar-refractivity contribution in [1.29, 1.82) is 0 Å². The van der Waals surface area contributed by atoms with Crippen LogP contribution < -0.4 is 9.47 Å². The second-order valence-corrected chi connectivity index (χ2v) is 4.02. The van der Waals surface area contributed by atoms with Crippen molar-refractivity contribution >= 4 is 0 Å². The predicted octanol–water partition coefficient (Wildman–Crippen LogP) is 1.77. The van der Waals surface area contributed by atoms with E-state index in [9.17, 15) is 5.11 Å². The van der Waals surface area contributed by atoms with Crippen molar-refractivity contribution < 1.29 is 14.6 Å². The molecule has 100 valence electrons. The maximum absolute atomic E-state index is 10.2. The number of benzene rings is 1. The summed E-state index contributed by atoms with van der Waals surface area (Å²) in [5.41, 5.74) is 1.43. The lowest BCUT2D eigenvalue weighted by molar-refractivity contribution is 0.167. The maximum atomic E-state index is 10.2. The highest BCUT2D eigenvalue weighted by Crippen LogP contribution is 2.23. The van der Waals surface area contributed by atoms with Crippen molar-refractivity contribution in [2.45, 2.75) is 12.5 Å². The summed E-state index contributed by atoms with van der Waals surface area (Å²) in [5, 5.41) is 10.2. The molecule has 1 aromatic carbocycles. The molecule has 0 aliphatic heterocycles. The fourth-order valence-electron chi connectivity index (χ4n) is 1.80. The Morgan fingerprint density at radius 3 is 2.37 bits per heavy atom. The Morgan fingerprint density at radius 2 is 1.74 bits per heavy atom. The largest absolute Gasteiger partial charge is 0.497 e. The van der Waals surface area contributed by atoms with Gasteiger partial charge < -0.3 is 14.6 Å². The smallest absolute Gasteiger partial charge is 0.238 e. The average Bonchev–Trinajstić information content (AvgIpc) is 2.48. The molecule has 1 heterocycles. The molecule has 0 aliphatic carbocycles. The molecule has 0 aliphatic rings. The van der Waals surface area contributed by atoms with Crippen molar-refractivity contribution in [3.05, 3.63) is 47.9 Å². The molecule has 0 saturated heterocycles. The molecule has 1 N–H and O–H groups in total. The number of rotatable bonds is 5. The summed E-state index contributed by atoms with van der Waals surface area (Å²) in [5.74, 6) is 1.14. The molecule has 1 aromatic heterocycles. The summed E-state index contributed by atoms with van der Waals surface area (Å²) in [4.78, 5) is 8.14. The molecule has 1 atom stereocenters. The first kappa shape index (κ1) is 13.3. The third-order valence-corrected chi connectivity index (χ3v) is 2.79. The summed E-state index contributed by atoms with van der Waals surface area (Å²) in [6.45, 7) is 0. The van der Waals surface area contributed by atoms with E-state index in [1.807, 2.05) is 24.3 Å². The van der Waals surface area contributed by atoms with Gasteiger partial charge in [-0.15, -0.1) is 0 Å². The number of ether oxygens (including phenoxy) is 2. The first-order chi connectivity index (χ1) is 9.24. The van der Waals surface area contributed by atoms with Crippen LogP contribution in [0.5, 0.6) is 11.6 Å².